The maximum Gasteiger partial charge on any atom is 0.412 e. The Morgan fingerprint density at radius 2 is 1.66 bits per heavy atom. The summed E-state index contributed by atoms with van der Waals surface area (Å²) in [6.45, 7) is 25.1. The van der Waals surface area contributed by atoms with Crippen molar-refractivity contribution in [2.24, 2.45) is 10.8 Å². The molecule has 2 atom stereocenters. The molecule has 1 aromatic rings. The summed E-state index contributed by atoms with van der Waals surface area (Å²) in [4.78, 5) is 24.6. The maximum atomic E-state index is 12.7. The fourth-order valence-corrected chi connectivity index (χ4v) is 6.43. The molecule has 0 unspecified atom stereocenters. The lowest BCUT2D eigenvalue weighted by atomic mass is 9.53. The summed E-state index contributed by atoms with van der Waals surface area (Å²) < 4.78 is 18.4. The van der Waals surface area contributed by atoms with Gasteiger partial charge in [-0.05, 0) is 68.1 Å². The molecule has 210 valence electrons. The molecular formula is C31H47NO5Si. The van der Waals surface area contributed by atoms with Crippen molar-refractivity contribution in [2.75, 3.05) is 11.9 Å². The number of para-hydroxylation sites is 1. The number of nitrogens with one attached hydrogen (secondary N) is 1. The quantitative estimate of drug-likeness (QED) is 0.291. The molecular weight excluding hydrogens is 494 g/mol. The molecule has 7 heteroatoms. The Morgan fingerprint density at radius 1 is 1.05 bits per heavy atom. The van der Waals surface area contributed by atoms with E-state index in [0.29, 0.717) is 5.69 Å². The van der Waals surface area contributed by atoms with E-state index in [2.05, 4.69) is 72.1 Å². The Bertz CT molecular complexity index is 1170. The highest BCUT2D eigenvalue weighted by molar-refractivity contribution is 6.74. The molecule has 0 aromatic heterocycles. The molecule has 1 aromatic carbocycles. The number of amides is 1. The smallest absolute Gasteiger partial charge is 0.412 e. The highest BCUT2D eigenvalue weighted by atomic mass is 28.4. The van der Waals surface area contributed by atoms with Crippen LogP contribution in [0.5, 0.6) is 0 Å². The van der Waals surface area contributed by atoms with E-state index in [1.54, 1.807) is 0 Å². The van der Waals surface area contributed by atoms with Crippen LogP contribution in [0.15, 0.2) is 41.5 Å². The first-order valence-corrected chi connectivity index (χ1v) is 16.5. The number of rotatable bonds is 6. The van der Waals surface area contributed by atoms with E-state index in [4.69, 9.17) is 13.9 Å². The summed E-state index contributed by atoms with van der Waals surface area (Å²) in [5, 5.41) is 2.99. The Morgan fingerprint density at radius 3 is 2.21 bits per heavy atom. The third-order valence-electron chi connectivity index (χ3n) is 8.18. The monoisotopic (exact) mass is 541 g/mol. The van der Waals surface area contributed by atoms with Crippen molar-refractivity contribution in [1.29, 1.82) is 0 Å². The van der Waals surface area contributed by atoms with Crippen LogP contribution < -0.4 is 5.32 Å². The number of carbonyl (C=O) groups is 2. The highest BCUT2D eigenvalue weighted by Gasteiger charge is 2.56. The Kier molecular flexibility index (Phi) is 7.92. The number of hydrogen-bond donors (Lipinski definition) is 1. The summed E-state index contributed by atoms with van der Waals surface area (Å²) in [6.07, 6.45) is 2.31. The molecule has 0 saturated carbocycles. The van der Waals surface area contributed by atoms with Gasteiger partial charge in [0.1, 0.15) is 5.60 Å². The second-order valence-electron chi connectivity index (χ2n) is 14.1. The number of ether oxygens (including phenoxy) is 2. The Labute approximate surface area is 230 Å². The van der Waals surface area contributed by atoms with Crippen molar-refractivity contribution in [2.45, 2.75) is 105 Å². The largest absolute Gasteiger partial charge is 0.465 e. The zero-order chi connectivity index (χ0) is 28.9. The fraction of sp³-hybridized carbons (Fsp3) is 0.613. The summed E-state index contributed by atoms with van der Waals surface area (Å²) in [6, 6.07) is 7.87. The maximum absolute atomic E-state index is 12.7. The molecule has 0 aliphatic heterocycles. The molecule has 6 nitrogen and oxygen atoms in total. The van der Waals surface area contributed by atoms with Gasteiger partial charge in [0.05, 0.1) is 18.4 Å². The summed E-state index contributed by atoms with van der Waals surface area (Å²) in [5.41, 5.74) is 3.96. The van der Waals surface area contributed by atoms with Crippen molar-refractivity contribution >= 4 is 31.6 Å². The minimum atomic E-state index is -2.21. The van der Waals surface area contributed by atoms with Gasteiger partial charge in [0.25, 0.3) is 0 Å². The zero-order valence-electron chi connectivity index (χ0n) is 25.4. The molecule has 0 fully saturated rings. The van der Waals surface area contributed by atoms with Crippen LogP contribution in [-0.4, -0.2) is 38.7 Å². The van der Waals surface area contributed by atoms with Crippen molar-refractivity contribution in [1.82, 2.24) is 0 Å². The minimum absolute atomic E-state index is 0.00678. The average Bonchev–Trinajstić information content (AvgIpc) is 2.73. The second-order valence-corrected chi connectivity index (χ2v) is 18.9. The van der Waals surface area contributed by atoms with Crippen LogP contribution in [-0.2, 0) is 18.7 Å². The van der Waals surface area contributed by atoms with E-state index >= 15 is 0 Å². The lowest BCUT2D eigenvalue weighted by Gasteiger charge is -2.56. The van der Waals surface area contributed by atoms with Crippen LogP contribution in [0.2, 0.25) is 18.1 Å². The van der Waals surface area contributed by atoms with Crippen molar-refractivity contribution in [3.05, 3.63) is 47.1 Å². The molecule has 38 heavy (non-hydrogen) atoms. The minimum Gasteiger partial charge on any atom is -0.465 e. The van der Waals surface area contributed by atoms with Gasteiger partial charge >= 0.3 is 12.1 Å². The molecule has 0 heterocycles. The van der Waals surface area contributed by atoms with Gasteiger partial charge in [-0.3, -0.25) is 10.1 Å². The van der Waals surface area contributed by atoms with E-state index in [9.17, 15) is 9.59 Å². The standard InChI is InChI=1S/C31H47NO5Si/c1-20(33)35-19-31(10)18-17-22-24(26(31)37-38(11,12)29(5,6)7)25(30(22,8)9)21-15-13-14-16-23(21)32-27(34)36-28(2,3)4/h13-17,26H,18-19H2,1-12H3,(H,32,34)/t26-,31-/m0/s1. The summed E-state index contributed by atoms with van der Waals surface area (Å²) in [5.74, 6) is -0.290. The van der Waals surface area contributed by atoms with E-state index in [-0.39, 0.29) is 29.1 Å². The first kappa shape index (κ1) is 30.2. The zero-order valence-corrected chi connectivity index (χ0v) is 26.4. The SMILES string of the molecule is CC(=O)OC[C@]1(C)CC=C2C(=C(c3ccccc3NC(=O)OC(C)(C)C)C2(C)C)[C@@H]1O[Si](C)(C)C(C)(C)C. The van der Waals surface area contributed by atoms with E-state index in [0.717, 1.165) is 23.1 Å². The molecule has 2 aliphatic rings. The third-order valence-corrected chi connectivity index (χ3v) is 12.6. The number of anilines is 1. The van der Waals surface area contributed by atoms with Crippen molar-refractivity contribution < 1.29 is 23.5 Å². The molecule has 3 rings (SSSR count). The van der Waals surface area contributed by atoms with Gasteiger partial charge < -0.3 is 13.9 Å². The number of carbonyl (C=O) groups excluding carboxylic acids is 2. The second kappa shape index (κ2) is 9.98. The van der Waals surface area contributed by atoms with Gasteiger partial charge in [-0.1, -0.05) is 65.8 Å². The van der Waals surface area contributed by atoms with Crippen LogP contribution in [0.1, 0.15) is 81.2 Å². The van der Waals surface area contributed by atoms with Crippen LogP contribution in [0.3, 0.4) is 0 Å². The van der Waals surface area contributed by atoms with Gasteiger partial charge in [0.15, 0.2) is 8.32 Å². The molecule has 0 radical (unpaired) electrons. The number of esters is 1. The first-order valence-electron chi connectivity index (χ1n) is 13.6. The predicted octanol–water partition coefficient (Wildman–Crippen LogP) is 8.12. The van der Waals surface area contributed by atoms with Gasteiger partial charge in [0, 0.05) is 23.3 Å². The predicted molar refractivity (Wildman–Crippen MR) is 157 cm³/mol. The normalized spacial score (nSPS) is 23.2. The number of fused-ring (bicyclic) bond motifs is 1. The summed E-state index contributed by atoms with van der Waals surface area (Å²) in [7, 11) is -2.21. The molecule has 0 spiro atoms. The topological polar surface area (TPSA) is 73.9 Å². The highest BCUT2D eigenvalue weighted by Crippen LogP contribution is 2.63. The Balaban J connectivity index is 2.18. The van der Waals surface area contributed by atoms with Crippen LogP contribution in [0.25, 0.3) is 5.57 Å². The van der Waals surface area contributed by atoms with Gasteiger partial charge in [-0.25, -0.2) is 4.79 Å². The molecule has 0 bridgehead atoms. The lowest BCUT2D eigenvalue weighted by Crippen LogP contribution is -2.55. The van der Waals surface area contributed by atoms with Crippen LogP contribution >= 0.6 is 0 Å². The summed E-state index contributed by atoms with van der Waals surface area (Å²) >= 11 is 0. The van der Waals surface area contributed by atoms with Crippen LogP contribution in [0, 0.1) is 10.8 Å². The van der Waals surface area contributed by atoms with E-state index in [1.807, 2.05) is 39.0 Å². The lowest BCUT2D eigenvalue weighted by molar-refractivity contribution is -0.146. The molecule has 0 saturated heterocycles. The van der Waals surface area contributed by atoms with Crippen molar-refractivity contribution in [3.63, 3.8) is 0 Å². The first-order chi connectivity index (χ1) is 17.2. The van der Waals surface area contributed by atoms with E-state index < -0.39 is 25.4 Å². The number of allylic oxidation sites excluding steroid dienone is 2. The Hall–Kier alpha value is -2.38. The van der Waals surface area contributed by atoms with Gasteiger partial charge in [-0.2, -0.15) is 0 Å². The fourth-order valence-electron chi connectivity index (χ4n) is 5.09. The van der Waals surface area contributed by atoms with Crippen molar-refractivity contribution in [3.8, 4) is 0 Å². The number of hydrogen-bond acceptors (Lipinski definition) is 5. The third kappa shape index (κ3) is 5.94. The van der Waals surface area contributed by atoms with Crippen LogP contribution in [0.4, 0.5) is 10.5 Å². The molecule has 1 N–H and O–H groups in total. The van der Waals surface area contributed by atoms with Gasteiger partial charge in [0.2, 0.25) is 0 Å². The molecule has 2 aliphatic carbocycles. The molecule has 1 amide bonds. The average molecular weight is 542 g/mol. The van der Waals surface area contributed by atoms with Gasteiger partial charge in [-0.15, -0.1) is 0 Å². The van der Waals surface area contributed by atoms with E-state index in [1.165, 1.54) is 12.5 Å². The number of benzene rings is 1.